The van der Waals surface area contributed by atoms with Gasteiger partial charge >= 0.3 is 0 Å². The number of ether oxygens (including phenoxy) is 1. The lowest BCUT2D eigenvalue weighted by Gasteiger charge is -2.06. The number of pyridine rings is 1. The standard InChI is InChI=1S/C19H15FN2O/c20-9-11-23-15-6-3-13(4-7-15)14-5-8-16-18(12-14)22-17-2-1-10-21-19(16)17/h1-8,10,12,22H,9,11H2. The van der Waals surface area contributed by atoms with Gasteiger partial charge in [-0.15, -0.1) is 0 Å². The van der Waals surface area contributed by atoms with Crippen LogP contribution in [0, 0.1) is 0 Å². The predicted octanol–water partition coefficient (Wildman–Crippen LogP) is 4.73. The number of nitrogens with zero attached hydrogens (tertiary/aromatic N) is 1. The Bertz CT molecular complexity index is 960. The van der Waals surface area contributed by atoms with Crippen molar-refractivity contribution in [3.8, 4) is 16.9 Å². The van der Waals surface area contributed by atoms with Crippen molar-refractivity contribution in [2.45, 2.75) is 0 Å². The van der Waals surface area contributed by atoms with E-state index in [-0.39, 0.29) is 6.61 Å². The highest BCUT2D eigenvalue weighted by atomic mass is 19.1. The second-order valence-corrected chi connectivity index (χ2v) is 5.35. The number of alkyl halides is 1. The molecular weight excluding hydrogens is 291 g/mol. The van der Waals surface area contributed by atoms with E-state index in [4.69, 9.17) is 4.74 Å². The summed E-state index contributed by atoms with van der Waals surface area (Å²) in [6.07, 6.45) is 1.81. The molecule has 0 saturated heterocycles. The van der Waals surface area contributed by atoms with Crippen LogP contribution in [0.3, 0.4) is 0 Å². The number of nitrogens with one attached hydrogen (secondary N) is 1. The number of fused-ring (bicyclic) bond motifs is 3. The van der Waals surface area contributed by atoms with Crippen LogP contribution < -0.4 is 4.74 Å². The largest absolute Gasteiger partial charge is 0.491 e. The first kappa shape index (κ1) is 13.8. The molecule has 2 heterocycles. The van der Waals surface area contributed by atoms with E-state index in [1.807, 2.05) is 36.4 Å². The molecule has 0 aliphatic carbocycles. The van der Waals surface area contributed by atoms with Crippen LogP contribution in [-0.2, 0) is 0 Å². The van der Waals surface area contributed by atoms with Gasteiger partial charge in [-0.3, -0.25) is 4.98 Å². The molecule has 4 rings (SSSR count). The van der Waals surface area contributed by atoms with E-state index in [9.17, 15) is 4.39 Å². The summed E-state index contributed by atoms with van der Waals surface area (Å²) in [5.74, 6) is 0.683. The van der Waals surface area contributed by atoms with Gasteiger partial charge in [0.25, 0.3) is 0 Å². The zero-order chi connectivity index (χ0) is 15.6. The molecule has 4 aromatic rings. The van der Waals surface area contributed by atoms with Crippen LogP contribution in [0.5, 0.6) is 5.75 Å². The molecular formula is C19H15FN2O. The molecule has 0 fully saturated rings. The van der Waals surface area contributed by atoms with Gasteiger partial charge in [0, 0.05) is 17.1 Å². The SMILES string of the molecule is FCCOc1ccc(-c2ccc3c(c2)[nH]c2cccnc23)cc1. The van der Waals surface area contributed by atoms with Crippen LogP contribution in [0.25, 0.3) is 33.1 Å². The Morgan fingerprint density at radius 3 is 2.61 bits per heavy atom. The molecule has 0 aliphatic rings. The van der Waals surface area contributed by atoms with Crippen LogP contribution >= 0.6 is 0 Å². The van der Waals surface area contributed by atoms with Gasteiger partial charge in [0.1, 0.15) is 19.0 Å². The van der Waals surface area contributed by atoms with E-state index in [1.165, 1.54) is 0 Å². The Morgan fingerprint density at radius 2 is 1.78 bits per heavy atom. The summed E-state index contributed by atoms with van der Waals surface area (Å²) in [5, 5.41) is 1.12. The Balaban J connectivity index is 1.72. The van der Waals surface area contributed by atoms with E-state index in [2.05, 4.69) is 28.2 Å². The highest BCUT2D eigenvalue weighted by Gasteiger charge is 2.06. The lowest BCUT2D eigenvalue weighted by Crippen LogP contribution is -1.98. The van der Waals surface area contributed by atoms with E-state index in [0.29, 0.717) is 5.75 Å². The fourth-order valence-electron chi connectivity index (χ4n) is 2.80. The van der Waals surface area contributed by atoms with Gasteiger partial charge in [-0.1, -0.05) is 24.3 Å². The van der Waals surface area contributed by atoms with Crippen molar-refractivity contribution in [1.82, 2.24) is 9.97 Å². The van der Waals surface area contributed by atoms with Crippen molar-refractivity contribution in [3.63, 3.8) is 0 Å². The number of rotatable bonds is 4. The highest BCUT2D eigenvalue weighted by Crippen LogP contribution is 2.29. The van der Waals surface area contributed by atoms with Crippen LogP contribution in [-0.4, -0.2) is 23.2 Å². The minimum absolute atomic E-state index is 0.0906. The Kier molecular flexibility index (Phi) is 3.42. The number of benzene rings is 2. The maximum atomic E-state index is 12.1. The molecule has 3 nitrogen and oxygen atoms in total. The smallest absolute Gasteiger partial charge is 0.123 e. The first-order chi connectivity index (χ1) is 11.3. The van der Waals surface area contributed by atoms with Gasteiger partial charge in [-0.2, -0.15) is 0 Å². The summed E-state index contributed by atoms with van der Waals surface area (Å²) < 4.78 is 17.4. The van der Waals surface area contributed by atoms with Gasteiger partial charge in [-0.05, 0) is 41.5 Å². The molecule has 0 unspecified atom stereocenters. The molecule has 0 amide bonds. The van der Waals surface area contributed by atoms with Gasteiger partial charge in [0.2, 0.25) is 0 Å². The normalized spacial score (nSPS) is 11.2. The Morgan fingerprint density at radius 1 is 0.957 bits per heavy atom. The predicted molar refractivity (Wildman–Crippen MR) is 90.5 cm³/mol. The minimum atomic E-state index is -0.479. The number of halogens is 1. The molecule has 0 saturated carbocycles. The Labute approximate surface area is 132 Å². The lowest BCUT2D eigenvalue weighted by molar-refractivity contribution is 0.273. The number of aromatic nitrogens is 2. The Hall–Kier alpha value is -2.88. The summed E-state index contributed by atoms with van der Waals surface area (Å²) in [6, 6.07) is 17.9. The lowest BCUT2D eigenvalue weighted by atomic mass is 10.0. The maximum absolute atomic E-state index is 12.1. The molecule has 4 heteroatoms. The van der Waals surface area contributed by atoms with Gasteiger partial charge in [0.15, 0.2) is 0 Å². The monoisotopic (exact) mass is 306 g/mol. The van der Waals surface area contributed by atoms with Crippen molar-refractivity contribution < 1.29 is 9.13 Å². The quantitative estimate of drug-likeness (QED) is 0.592. The fourth-order valence-corrected chi connectivity index (χ4v) is 2.80. The van der Waals surface area contributed by atoms with E-state index < -0.39 is 6.67 Å². The zero-order valence-corrected chi connectivity index (χ0v) is 12.4. The fraction of sp³-hybridized carbons (Fsp3) is 0.105. The average molecular weight is 306 g/mol. The third-order valence-corrected chi connectivity index (χ3v) is 3.89. The van der Waals surface area contributed by atoms with Gasteiger partial charge in [-0.25, -0.2) is 4.39 Å². The summed E-state index contributed by atoms with van der Waals surface area (Å²) in [6.45, 7) is -0.389. The average Bonchev–Trinajstić information content (AvgIpc) is 2.98. The number of aromatic amines is 1. The van der Waals surface area contributed by atoms with Gasteiger partial charge < -0.3 is 9.72 Å². The van der Waals surface area contributed by atoms with E-state index in [1.54, 1.807) is 6.20 Å². The second-order valence-electron chi connectivity index (χ2n) is 5.35. The van der Waals surface area contributed by atoms with Crippen LogP contribution in [0.4, 0.5) is 4.39 Å². The number of hydrogen-bond donors (Lipinski definition) is 1. The molecule has 114 valence electrons. The number of H-pyrrole nitrogens is 1. The van der Waals surface area contributed by atoms with Crippen molar-refractivity contribution in [2.24, 2.45) is 0 Å². The van der Waals surface area contributed by atoms with Crippen molar-refractivity contribution in [1.29, 1.82) is 0 Å². The van der Waals surface area contributed by atoms with Crippen molar-refractivity contribution in [2.75, 3.05) is 13.3 Å². The maximum Gasteiger partial charge on any atom is 0.123 e. The van der Waals surface area contributed by atoms with Crippen molar-refractivity contribution >= 4 is 21.9 Å². The molecule has 0 spiro atoms. The van der Waals surface area contributed by atoms with Crippen LogP contribution in [0.15, 0.2) is 60.8 Å². The van der Waals surface area contributed by atoms with E-state index in [0.717, 1.165) is 33.1 Å². The summed E-state index contributed by atoms with van der Waals surface area (Å²) in [7, 11) is 0. The molecule has 0 bridgehead atoms. The molecule has 0 aliphatic heterocycles. The molecule has 23 heavy (non-hydrogen) atoms. The topological polar surface area (TPSA) is 37.9 Å². The molecule has 2 aromatic heterocycles. The van der Waals surface area contributed by atoms with Crippen LogP contribution in [0.2, 0.25) is 0 Å². The third kappa shape index (κ3) is 2.52. The first-order valence-electron chi connectivity index (χ1n) is 7.51. The molecule has 1 N–H and O–H groups in total. The minimum Gasteiger partial charge on any atom is -0.491 e. The summed E-state index contributed by atoms with van der Waals surface area (Å²) in [5.41, 5.74) is 5.29. The summed E-state index contributed by atoms with van der Waals surface area (Å²) >= 11 is 0. The summed E-state index contributed by atoms with van der Waals surface area (Å²) in [4.78, 5) is 7.83. The van der Waals surface area contributed by atoms with Gasteiger partial charge in [0.05, 0.1) is 11.0 Å². The van der Waals surface area contributed by atoms with Crippen molar-refractivity contribution in [3.05, 3.63) is 60.8 Å². The zero-order valence-electron chi connectivity index (χ0n) is 12.4. The van der Waals surface area contributed by atoms with E-state index >= 15 is 0 Å². The molecule has 2 aromatic carbocycles. The molecule has 0 radical (unpaired) electrons. The number of hydrogen-bond acceptors (Lipinski definition) is 2. The first-order valence-corrected chi connectivity index (χ1v) is 7.51. The second kappa shape index (κ2) is 5.72. The highest BCUT2D eigenvalue weighted by molar-refractivity contribution is 6.05. The third-order valence-electron chi connectivity index (χ3n) is 3.89. The van der Waals surface area contributed by atoms with Crippen LogP contribution in [0.1, 0.15) is 0 Å². The molecule has 0 atom stereocenters.